The second kappa shape index (κ2) is 6.20. The van der Waals surface area contributed by atoms with Crippen molar-refractivity contribution in [3.8, 4) is 0 Å². The first-order valence-corrected chi connectivity index (χ1v) is 9.22. The number of nitrogens with one attached hydrogen (secondary N) is 2. The topological polar surface area (TPSA) is 44.0 Å². The van der Waals surface area contributed by atoms with E-state index in [2.05, 4.69) is 52.2 Å². The second-order valence-electron chi connectivity index (χ2n) is 7.00. The Morgan fingerprint density at radius 2 is 2.00 bits per heavy atom. The van der Waals surface area contributed by atoms with E-state index in [1.807, 2.05) is 12.3 Å². The van der Waals surface area contributed by atoms with E-state index in [-0.39, 0.29) is 12.1 Å². The monoisotopic (exact) mass is 340 g/mol. The van der Waals surface area contributed by atoms with Crippen LogP contribution < -0.4 is 5.32 Å². The highest BCUT2D eigenvalue weighted by molar-refractivity contribution is 7.80. The van der Waals surface area contributed by atoms with Crippen LogP contribution in [0, 0.1) is 13.8 Å². The number of aromatic nitrogens is 2. The minimum Gasteiger partial charge on any atom is -0.362 e. The molecule has 2 aromatic rings. The molecule has 0 spiro atoms. The number of H-pyrrole nitrogens is 1. The first-order chi connectivity index (χ1) is 11.6. The van der Waals surface area contributed by atoms with E-state index in [9.17, 15) is 0 Å². The summed E-state index contributed by atoms with van der Waals surface area (Å²) in [6.07, 6.45) is 6.93. The van der Waals surface area contributed by atoms with Crippen LogP contribution in [0.3, 0.4) is 0 Å². The van der Waals surface area contributed by atoms with Crippen LogP contribution in [0.1, 0.15) is 60.4 Å². The lowest BCUT2D eigenvalue weighted by Gasteiger charge is -2.32. The zero-order valence-electron chi connectivity index (χ0n) is 14.2. The Morgan fingerprint density at radius 3 is 2.62 bits per heavy atom. The third-order valence-electron chi connectivity index (χ3n) is 5.36. The lowest BCUT2D eigenvalue weighted by Crippen LogP contribution is -2.37. The number of pyridine rings is 1. The van der Waals surface area contributed by atoms with Crippen molar-refractivity contribution >= 4 is 17.3 Å². The molecule has 2 aliphatic rings. The van der Waals surface area contributed by atoms with Crippen molar-refractivity contribution in [1.82, 2.24) is 20.2 Å². The Bertz CT molecular complexity index is 733. The zero-order chi connectivity index (χ0) is 16.7. The Labute approximate surface area is 148 Å². The lowest BCUT2D eigenvalue weighted by molar-refractivity contribution is 0.245. The SMILES string of the molecule is Cc1cc([C@H]2[C@@H](c3ccccn3)NC(=S)N2C2CCCC2)c(C)[nH]1. The van der Waals surface area contributed by atoms with Crippen molar-refractivity contribution in [2.24, 2.45) is 0 Å². The summed E-state index contributed by atoms with van der Waals surface area (Å²) in [6, 6.07) is 9.24. The fourth-order valence-electron chi connectivity index (χ4n) is 4.33. The van der Waals surface area contributed by atoms with Gasteiger partial charge in [-0.05, 0) is 62.7 Å². The maximum atomic E-state index is 5.76. The molecule has 24 heavy (non-hydrogen) atoms. The van der Waals surface area contributed by atoms with Crippen LogP contribution in [0.25, 0.3) is 0 Å². The van der Waals surface area contributed by atoms with Crippen molar-refractivity contribution in [2.45, 2.75) is 57.7 Å². The highest BCUT2D eigenvalue weighted by atomic mass is 32.1. The molecule has 1 saturated heterocycles. The van der Waals surface area contributed by atoms with Gasteiger partial charge in [0.2, 0.25) is 0 Å². The zero-order valence-corrected chi connectivity index (χ0v) is 15.1. The molecule has 0 radical (unpaired) electrons. The highest BCUT2D eigenvalue weighted by Gasteiger charge is 2.44. The summed E-state index contributed by atoms with van der Waals surface area (Å²) < 4.78 is 0. The lowest BCUT2D eigenvalue weighted by atomic mass is 9.95. The molecule has 4 nitrogen and oxygen atoms in total. The molecule has 0 unspecified atom stereocenters. The molecule has 2 aromatic heterocycles. The number of hydrogen-bond acceptors (Lipinski definition) is 2. The average molecular weight is 340 g/mol. The molecule has 3 heterocycles. The first kappa shape index (κ1) is 15.6. The minimum atomic E-state index is 0.105. The number of thiocarbonyl (C=S) groups is 1. The van der Waals surface area contributed by atoms with Crippen LogP contribution in [-0.2, 0) is 0 Å². The molecule has 0 aromatic carbocycles. The van der Waals surface area contributed by atoms with Crippen LogP contribution in [0.2, 0.25) is 0 Å². The van der Waals surface area contributed by atoms with Gasteiger partial charge in [-0.15, -0.1) is 0 Å². The van der Waals surface area contributed by atoms with Gasteiger partial charge >= 0.3 is 0 Å². The van der Waals surface area contributed by atoms with E-state index in [4.69, 9.17) is 12.2 Å². The van der Waals surface area contributed by atoms with Gasteiger partial charge in [0.25, 0.3) is 0 Å². The molecular formula is C19H24N4S. The Hall–Kier alpha value is -1.88. The van der Waals surface area contributed by atoms with Crippen LogP contribution >= 0.6 is 12.2 Å². The quantitative estimate of drug-likeness (QED) is 0.831. The maximum absolute atomic E-state index is 5.76. The molecule has 0 amide bonds. The van der Waals surface area contributed by atoms with Gasteiger partial charge in [0.05, 0.1) is 17.8 Å². The molecule has 1 aliphatic carbocycles. The molecule has 5 heteroatoms. The summed E-state index contributed by atoms with van der Waals surface area (Å²) in [5.74, 6) is 0. The van der Waals surface area contributed by atoms with E-state index in [0.29, 0.717) is 6.04 Å². The molecule has 0 bridgehead atoms. The standard InChI is InChI=1S/C19H24N4S/c1-12-11-15(13(2)21-12)18-17(16-9-5-6-10-20-16)22-19(24)23(18)14-7-3-4-8-14/h5-6,9-11,14,17-18,21H,3-4,7-8H2,1-2H3,(H,22,24)/t17-,18+/m1/s1. The van der Waals surface area contributed by atoms with Crippen molar-refractivity contribution in [2.75, 3.05) is 0 Å². The number of rotatable bonds is 3. The molecule has 2 atom stereocenters. The summed E-state index contributed by atoms with van der Waals surface area (Å²) in [6.45, 7) is 4.28. The fraction of sp³-hybridized carbons (Fsp3) is 0.474. The van der Waals surface area contributed by atoms with E-state index >= 15 is 0 Å². The number of hydrogen-bond donors (Lipinski definition) is 2. The van der Waals surface area contributed by atoms with Crippen LogP contribution in [0.4, 0.5) is 0 Å². The van der Waals surface area contributed by atoms with Gasteiger partial charge < -0.3 is 15.2 Å². The highest BCUT2D eigenvalue weighted by Crippen LogP contribution is 2.43. The van der Waals surface area contributed by atoms with Gasteiger partial charge in [0, 0.05) is 23.6 Å². The van der Waals surface area contributed by atoms with Crippen LogP contribution in [-0.4, -0.2) is 26.0 Å². The van der Waals surface area contributed by atoms with Crippen molar-refractivity contribution in [3.05, 3.63) is 53.1 Å². The second-order valence-corrected chi connectivity index (χ2v) is 7.39. The van der Waals surface area contributed by atoms with Crippen molar-refractivity contribution in [1.29, 1.82) is 0 Å². The predicted octanol–water partition coefficient (Wildman–Crippen LogP) is 3.94. The molecule has 126 valence electrons. The summed E-state index contributed by atoms with van der Waals surface area (Å²) in [5.41, 5.74) is 4.82. The van der Waals surface area contributed by atoms with Crippen LogP contribution in [0.5, 0.6) is 0 Å². The van der Waals surface area contributed by atoms with Crippen LogP contribution in [0.15, 0.2) is 30.5 Å². The molecule has 2 fully saturated rings. The molecule has 1 aliphatic heterocycles. The molecule has 4 rings (SSSR count). The van der Waals surface area contributed by atoms with Crippen molar-refractivity contribution < 1.29 is 0 Å². The largest absolute Gasteiger partial charge is 0.362 e. The first-order valence-electron chi connectivity index (χ1n) is 8.81. The predicted molar refractivity (Wildman–Crippen MR) is 99.8 cm³/mol. The molecule has 1 saturated carbocycles. The summed E-state index contributed by atoms with van der Waals surface area (Å²) in [4.78, 5) is 10.5. The van der Waals surface area contributed by atoms with E-state index in [1.54, 1.807) is 0 Å². The van der Waals surface area contributed by atoms with Gasteiger partial charge in [-0.25, -0.2) is 0 Å². The Morgan fingerprint density at radius 1 is 1.21 bits per heavy atom. The maximum Gasteiger partial charge on any atom is 0.170 e. The van der Waals surface area contributed by atoms with Gasteiger partial charge in [-0.1, -0.05) is 18.9 Å². The van der Waals surface area contributed by atoms with Gasteiger partial charge in [0.15, 0.2) is 5.11 Å². The number of aromatic amines is 1. The smallest absolute Gasteiger partial charge is 0.170 e. The van der Waals surface area contributed by atoms with E-state index in [1.165, 1.54) is 42.6 Å². The number of nitrogens with zero attached hydrogens (tertiary/aromatic N) is 2. The average Bonchev–Trinajstić information content (AvgIpc) is 3.27. The van der Waals surface area contributed by atoms with Gasteiger partial charge in [0.1, 0.15) is 0 Å². The number of aryl methyl sites for hydroxylation is 2. The third kappa shape index (κ3) is 2.61. The minimum absolute atomic E-state index is 0.105. The summed E-state index contributed by atoms with van der Waals surface area (Å²) >= 11 is 5.76. The Kier molecular flexibility index (Phi) is 4.04. The Balaban J connectivity index is 1.79. The van der Waals surface area contributed by atoms with E-state index < -0.39 is 0 Å². The molecular weight excluding hydrogens is 316 g/mol. The summed E-state index contributed by atoms with van der Waals surface area (Å²) in [5, 5.41) is 4.44. The third-order valence-corrected chi connectivity index (χ3v) is 5.69. The normalized spacial score (nSPS) is 24.6. The van der Waals surface area contributed by atoms with Gasteiger partial charge in [-0.2, -0.15) is 0 Å². The summed E-state index contributed by atoms with van der Waals surface area (Å²) in [7, 11) is 0. The fourth-order valence-corrected chi connectivity index (χ4v) is 4.72. The molecule has 2 N–H and O–H groups in total. The van der Waals surface area contributed by atoms with E-state index in [0.717, 1.165) is 10.8 Å². The van der Waals surface area contributed by atoms with Gasteiger partial charge in [-0.3, -0.25) is 4.98 Å². The van der Waals surface area contributed by atoms with Crippen molar-refractivity contribution in [3.63, 3.8) is 0 Å².